The van der Waals surface area contributed by atoms with E-state index in [0.29, 0.717) is 5.78 Å². The summed E-state index contributed by atoms with van der Waals surface area (Å²) in [5, 5.41) is 0. The lowest BCUT2D eigenvalue weighted by molar-refractivity contribution is -0.129. The molecule has 0 spiro atoms. The largest absolute Gasteiger partial charge is 0.298 e. The zero-order valence-corrected chi connectivity index (χ0v) is 10.5. The van der Waals surface area contributed by atoms with Crippen molar-refractivity contribution in [2.24, 2.45) is 0 Å². The predicted molar refractivity (Wildman–Crippen MR) is 64.0 cm³/mol. The van der Waals surface area contributed by atoms with Crippen LogP contribution >= 0.6 is 0 Å². The summed E-state index contributed by atoms with van der Waals surface area (Å²) >= 11 is 0. The van der Waals surface area contributed by atoms with Crippen molar-refractivity contribution in [3.8, 4) is 0 Å². The Bertz CT molecular complexity index is 205. The number of ketones is 1. The van der Waals surface area contributed by atoms with Gasteiger partial charge in [0.2, 0.25) is 0 Å². The van der Waals surface area contributed by atoms with E-state index in [1.54, 1.807) is 0 Å². The Hall–Kier alpha value is -0.370. The van der Waals surface area contributed by atoms with Crippen molar-refractivity contribution < 1.29 is 4.79 Å². The number of carbonyl (C=O) groups is 1. The van der Waals surface area contributed by atoms with Gasteiger partial charge in [-0.1, -0.05) is 19.8 Å². The summed E-state index contributed by atoms with van der Waals surface area (Å²) < 4.78 is 0. The highest BCUT2D eigenvalue weighted by Gasteiger charge is 2.34. The maximum Gasteiger partial charge on any atom is 0.152 e. The van der Waals surface area contributed by atoms with E-state index in [-0.39, 0.29) is 5.54 Å². The fourth-order valence-electron chi connectivity index (χ4n) is 2.29. The van der Waals surface area contributed by atoms with E-state index in [2.05, 4.69) is 25.7 Å². The van der Waals surface area contributed by atoms with Crippen LogP contribution in [-0.2, 0) is 4.79 Å². The van der Waals surface area contributed by atoms with E-state index in [4.69, 9.17) is 0 Å². The molecule has 0 aromatic heterocycles. The molecule has 0 saturated carbocycles. The topological polar surface area (TPSA) is 20.3 Å². The van der Waals surface area contributed by atoms with Crippen LogP contribution in [0.1, 0.15) is 59.3 Å². The second-order valence-electron chi connectivity index (χ2n) is 5.13. The summed E-state index contributed by atoms with van der Waals surface area (Å²) in [6.45, 7) is 8.56. The summed E-state index contributed by atoms with van der Waals surface area (Å²) in [6, 6.07) is 0. The molecule has 0 aromatic rings. The highest BCUT2D eigenvalue weighted by molar-refractivity contribution is 5.87. The minimum Gasteiger partial charge on any atom is -0.298 e. The van der Waals surface area contributed by atoms with E-state index < -0.39 is 0 Å². The van der Waals surface area contributed by atoms with Gasteiger partial charge < -0.3 is 0 Å². The first-order valence-corrected chi connectivity index (χ1v) is 6.37. The van der Waals surface area contributed by atoms with Crippen molar-refractivity contribution in [2.75, 3.05) is 13.1 Å². The number of carbonyl (C=O) groups excluding carboxylic acids is 1. The molecule has 0 N–H and O–H groups in total. The second kappa shape index (κ2) is 5.64. The Kier molecular flexibility index (Phi) is 4.78. The van der Waals surface area contributed by atoms with E-state index >= 15 is 0 Å². The molecule has 1 heterocycles. The summed E-state index contributed by atoms with van der Waals surface area (Å²) in [4.78, 5) is 14.4. The Morgan fingerprint density at radius 3 is 2.33 bits per heavy atom. The van der Waals surface area contributed by atoms with Crippen LogP contribution in [0.2, 0.25) is 0 Å². The average molecular weight is 211 g/mol. The molecular formula is C13H25NO. The van der Waals surface area contributed by atoms with Crippen LogP contribution in [0, 0.1) is 0 Å². The van der Waals surface area contributed by atoms with Crippen LogP contribution in [0.5, 0.6) is 0 Å². The van der Waals surface area contributed by atoms with Gasteiger partial charge in [-0.3, -0.25) is 9.69 Å². The normalized spacial score (nSPS) is 18.3. The number of unbranched alkanes of at least 4 members (excludes halogenated alkanes) is 2. The van der Waals surface area contributed by atoms with Gasteiger partial charge in [0, 0.05) is 6.42 Å². The molecule has 0 unspecified atom stereocenters. The van der Waals surface area contributed by atoms with Crippen molar-refractivity contribution in [1.29, 1.82) is 0 Å². The number of Topliss-reactive ketones (excluding diaryl/α,β-unsaturated/α-hetero) is 1. The minimum absolute atomic E-state index is 0.218. The minimum atomic E-state index is -0.218. The van der Waals surface area contributed by atoms with Crippen molar-refractivity contribution >= 4 is 5.78 Å². The molecule has 0 aromatic carbocycles. The molecule has 0 amide bonds. The first-order chi connectivity index (χ1) is 7.09. The molecular weight excluding hydrogens is 186 g/mol. The Morgan fingerprint density at radius 1 is 1.20 bits per heavy atom. The number of hydrogen-bond donors (Lipinski definition) is 0. The van der Waals surface area contributed by atoms with Crippen LogP contribution in [0.25, 0.3) is 0 Å². The van der Waals surface area contributed by atoms with Gasteiger partial charge in [0.25, 0.3) is 0 Å². The van der Waals surface area contributed by atoms with Gasteiger partial charge in [0.15, 0.2) is 5.78 Å². The maximum atomic E-state index is 12.1. The standard InChI is InChI=1S/C13H25NO/c1-4-5-6-9-12(15)13(2,3)14-10-7-8-11-14/h4-11H2,1-3H3. The van der Waals surface area contributed by atoms with Crippen LogP contribution < -0.4 is 0 Å². The zero-order valence-electron chi connectivity index (χ0n) is 10.5. The molecule has 1 saturated heterocycles. The molecule has 2 nitrogen and oxygen atoms in total. The first kappa shape index (κ1) is 12.7. The van der Waals surface area contributed by atoms with Gasteiger partial charge >= 0.3 is 0 Å². The van der Waals surface area contributed by atoms with Crippen molar-refractivity contribution in [3.05, 3.63) is 0 Å². The van der Waals surface area contributed by atoms with Gasteiger partial charge in [-0.15, -0.1) is 0 Å². The maximum absolute atomic E-state index is 12.1. The third kappa shape index (κ3) is 3.30. The van der Waals surface area contributed by atoms with Gasteiger partial charge in [-0.05, 0) is 46.2 Å². The monoisotopic (exact) mass is 211 g/mol. The molecule has 1 fully saturated rings. The van der Waals surface area contributed by atoms with Crippen LogP contribution in [0.4, 0.5) is 0 Å². The molecule has 88 valence electrons. The van der Waals surface area contributed by atoms with E-state index in [1.165, 1.54) is 25.7 Å². The van der Waals surface area contributed by atoms with E-state index in [1.807, 2.05) is 0 Å². The second-order valence-corrected chi connectivity index (χ2v) is 5.13. The molecule has 1 aliphatic heterocycles. The Labute approximate surface area is 94.0 Å². The number of nitrogens with zero attached hydrogens (tertiary/aromatic N) is 1. The predicted octanol–water partition coefficient (Wildman–Crippen LogP) is 3.01. The van der Waals surface area contributed by atoms with E-state index in [0.717, 1.165) is 25.9 Å². The molecule has 0 bridgehead atoms. The van der Waals surface area contributed by atoms with Crippen molar-refractivity contribution in [3.63, 3.8) is 0 Å². The van der Waals surface area contributed by atoms with Gasteiger partial charge in [0.05, 0.1) is 5.54 Å². The molecule has 15 heavy (non-hydrogen) atoms. The lowest BCUT2D eigenvalue weighted by Gasteiger charge is -2.34. The van der Waals surface area contributed by atoms with Crippen LogP contribution in [0.3, 0.4) is 0 Å². The lowest BCUT2D eigenvalue weighted by atomic mass is 9.93. The molecule has 1 rings (SSSR count). The highest BCUT2D eigenvalue weighted by Crippen LogP contribution is 2.23. The molecule has 1 aliphatic rings. The first-order valence-electron chi connectivity index (χ1n) is 6.37. The molecule has 2 heteroatoms. The number of likely N-dealkylation sites (tertiary alicyclic amines) is 1. The number of rotatable bonds is 6. The zero-order chi connectivity index (χ0) is 11.3. The third-order valence-electron chi connectivity index (χ3n) is 3.59. The summed E-state index contributed by atoms with van der Waals surface area (Å²) in [5.74, 6) is 0.429. The molecule has 0 radical (unpaired) electrons. The quantitative estimate of drug-likeness (QED) is 0.629. The molecule has 0 aliphatic carbocycles. The average Bonchev–Trinajstić information content (AvgIpc) is 2.71. The van der Waals surface area contributed by atoms with Crippen LogP contribution in [0.15, 0.2) is 0 Å². The molecule has 0 atom stereocenters. The van der Waals surface area contributed by atoms with E-state index in [9.17, 15) is 4.79 Å². The fourth-order valence-corrected chi connectivity index (χ4v) is 2.29. The van der Waals surface area contributed by atoms with Crippen molar-refractivity contribution in [2.45, 2.75) is 64.8 Å². The SMILES string of the molecule is CCCCCC(=O)C(C)(C)N1CCCC1. The Balaban J connectivity index is 2.41. The fraction of sp³-hybridized carbons (Fsp3) is 0.923. The van der Waals surface area contributed by atoms with Crippen LogP contribution in [-0.4, -0.2) is 29.3 Å². The Morgan fingerprint density at radius 2 is 1.80 bits per heavy atom. The lowest BCUT2D eigenvalue weighted by Crippen LogP contribution is -2.48. The smallest absolute Gasteiger partial charge is 0.152 e. The van der Waals surface area contributed by atoms with Gasteiger partial charge in [0.1, 0.15) is 0 Å². The van der Waals surface area contributed by atoms with Gasteiger partial charge in [-0.25, -0.2) is 0 Å². The van der Waals surface area contributed by atoms with Crippen molar-refractivity contribution in [1.82, 2.24) is 4.90 Å². The highest BCUT2D eigenvalue weighted by atomic mass is 16.1. The van der Waals surface area contributed by atoms with Gasteiger partial charge in [-0.2, -0.15) is 0 Å². The summed E-state index contributed by atoms with van der Waals surface area (Å²) in [5.41, 5.74) is -0.218. The number of hydrogen-bond acceptors (Lipinski definition) is 2. The summed E-state index contributed by atoms with van der Waals surface area (Å²) in [6.07, 6.45) is 6.71. The third-order valence-corrected chi connectivity index (χ3v) is 3.59. The summed E-state index contributed by atoms with van der Waals surface area (Å²) in [7, 11) is 0.